The van der Waals surface area contributed by atoms with Gasteiger partial charge in [0.25, 0.3) is 0 Å². The molecule has 7 heteroatoms. The van der Waals surface area contributed by atoms with Crippen molar-refractivity contribution in [3.05, 3.63) is 82.8 Å². The molecule has 0 radical (unpaired) electrons. The van der Waals surface area contributed by atoms with Crippen LogP contribution in [0.25, 0.3) is 16.8 Å². The Labute approximate surface area is 183 Å². The fourth-order valence-corrected chi connectivity index (χ4v) is 4.43. The van der Waals surface area contributed by atoms with Crippen LogP contribution in [0.2, 0.25) is 0 Å². The number of ketones is 1. The second-order valence-electron chi connectivity index (χ2n) is 8.00. The van der Waals surface area contributed by atoms with Gasteiger partial charge in [0.05, 0.1) is 24.1 Å². The molecule has 5 nitrogen and oxygen atoms in total. The SMILES string of the molecule is CCc1nn2cc3c(nc2c1-c1ccc(OC)cc1)CC(c1cc(F)cc(F)c1)CC3=O. The number of fused-ring (bicyclic) bond motifs is 2. The van der Waals surface area contributed by atoms with Crippen LogP contribution in [0.15, 0.2) is 48.7 Å². The Bertz CT molecular complexity index is 1330. The topological polar surface area (TPSA) is 56.5 Å². The molecule has 0 fully saturated rings. The van der Waals surface area contributed by atoms with Crippen molar-refractivity contribution in [3.63, 3.8) is 0 Å². The van der Waals surface area contributed by atoms with Gasteiger partial charge in [0, 0.05) is 24.2 Å². The van der Waals surface area contributed by atoms with Crippen LogP contribution in [0.4, 0.5) is 8.78 Å². The van der Waals surface area contributed by atoms with Gasteiger partial charge in [-0.15, -0.1) is 0 Å². The van der Waals surface area contributed by atoms with Crippen molar-refractivity contribution in [1.29, 1.82) is 0 Å². The van der Waals surface area contributed by atoms with Crippen molar-refractivity contribution in [2.24, 2.45) is 0 Å². The number of aromatic nitrogens is 3. The van der Waals surface area contributed by atoms with Crippen LogP contribution in [-0.4, -0.2) is 27.5 Å². The van der Waals surface area contributed by atoms with Gasteiger partial charge in [0.15, 0.2) is 11.4 Å². The van der Waals surface area contributed by atoms with Gasteiger partial charge in [0.2, 0.25) is 0 Å². The number of ether oxygens (including phenoxy) is 1. The molecule has 0 bridgehead atoms. The molecule has 0 amide bonds. The normalized spacial score (nSPS) is 15.8. The number of halogens is 2. The predicted molar refractivity (Wildman–Crippen MR) is 116 cm³/mol. The minimum atomic E-state index is -0.646. The molecule has 1 aliphatic rings. The van der Waals surface area contributed by atoms with E-state index in [1.807, 2.05) is 31.2 Å². The zero-order chi connectivity index (χ0) is 22.4. The zero-order valence-electron chi connectivity index (χ0n) is 17.7. The van der Waals surface area contributed by atoms with Gasteiger partial charge in [0.1, 0.15) is 17.4 Å². The van der Waals surface area contributed by atoms with Gasteiger partial charge < -0.3 is 4.74 Å². The molecule has 1 aliphatic carbocycles. The van der Waals surface area contributed by atoms with Gasteiger partial charge in [-0.05, 0) is 54.2 Å². The quantitative estimate of drug-likeness (QED) is 0.446. The van der Waals surface area contributed by atoms with Crippen molar-refractivity contribution in [2.45, 2.75) is 32.1 Å². The van der Waals surface area contributed by atoms with E-state index < -0.39 is 11.6 Å². The van der Waals surface area contributed by atoms with Crippen LogP contribution in [0.5, 0.6) is 5.75 Å². The van der Waals surface area contributed by atoms with E-state index >= 15 is 0 Å². The van der Waals surface area contributed by atoms with Gasteiger partial charge in [-0.2, -0.15) is 5.10 Å². The summed E-state index contributed by atoms with van der Waals surface area (Å²) in [7, 11) is 1.62. The van der Waals surface area contributed by atoms with Crippen LogP contribution in [0, 0.1) is 11.6 Å². The van der Waals surface area contributed by atoms with Crippen molar-refractivity contribution >= 4 is 11.4 Å². The summed E-state index contributed by atoms with van der Waals surface area (Å²) in [5.74, 6) is -0.967. The molecule has 32 heavy (non-hydrogen) atoms. The van der Waals surface area contributed by atoms with E-state index in [-0.39, 0.29) is 18.1 Å². The number of benzene rings is 2. The molecule has 0 N–H and O–H groups in total. The Balaban J connectivity index is 1.62. The average molecular weight is 433 g/mol. The zero-order valence-corrected chi connectivity index (χ0v) is 17.7. The van der Waals surface area contributed by atoms with Crippen molar-refractivity contribution < 1.29 is 18.3 Å². The predicted octanol–water partition coefficient (Wildman–Crippen LogP) is 5.16. The first kappa shape index (κ1) is 20.3. The number of carbonyl (C=O) groups is 1. The summed E-state index contributed by atoms with van der Waals surface area (Å²) in [5.41, 5.74) is 5.00. The highest BCUT2D eigenvalue weighted by atomic mass is 19.1. The van der Waals surface area contributed by atoms with Gasteiger partial charge >= 0.3 is 0 Å². The van der Waals surface area contributed by atoms with E-state index in [4.69, 9.17) is 9.72 Å². The Kier molecular flexibility index (Phi) is 4.96. The fourth-order valence-electron chi connectivity index (χ4n) is 4.43. The summed E-state index contributed by atoms with van der Waals surface area (Å²) in [4.78, 5) is 17.7. The molecule has 5 rings (SSSR count). The average Bonchev–Trinajstić information content (AvgIpc) is 3.14. The molecular weight excluding hydrogens is 412 g/mol. The summed E-state index contributed by atoms with van der Waals surface area (Å²) in [5, 5.41) is 4.66. The highest BCUT2D eigenvalue weighted by Gasteiger charge is 2.30. The van der Waals surface area contributed by atoms with Crippen LogP contribution in [-0.2, 0) is 12.8 Å². The maximum absolute atomic E-state index is 13.8. The molecule has 162 valence electrons. The van der Waals surface area contributed by atoms with Crippen LogP contribution in [0.3, 0.4) is 0 Å². The number of hydrogen-bond acceptors (Lipinski definition) is 4. The lowest BCUT2D eigenvalue weighted by Crippen LogP contribution is -2.21. The van der Waals surface area contributed by atoms with Crippen molar-refractivity contribution in [1.82, 2.24) is 14.6 Å². The van der Waals surface area contributed by atoms with Crippen molar-refractivity contribution in [2.75, 3.05) is 7.11 Å². The van der Waals surface area contributed by atoms with Crippen LogP contribution in [0.1, 0.15) is 46.6 Å². The van der Waals surface area contributed by atoms with E-state index in [1.54, 1.807) is 17.8 Å². The first-order valence-electron chi connectivity index (χ1n) is 10.5. The van der Waals surface area contributed by atoms with E-state index in [0.717, 1.165) is 28.6 Å². The summed E-state index contributed by atoms with van der Waals surface area (Å²) in [6.07, 6.45) is 3.04. The van der Waals surface area contributed by atoms with Gasteiger partial charge in [-0.3, -0.25) is 4.79 Å². The largest absolute Gasteiger partial charge is 0.497 e. The first-order chi connectivity index (χ1) is 15.5. The monoisotopic (exact) mass is 433 g/mol. The fraction of sp³-hybridized carbons (Fsp3) is 0.240. The second kappa shape index (κ2) is 7.82. The van der Waals surface area contributed by atoms with Gasteiger partial charge in [-0.1, -0.05) is 19.1 Å². The van der Waals surface area contributed by atoms with E-state index in [0.29, 0.717) is 35.3 Å². The first-order valence-corrected chi connectivity index (χ1v) is 10.5. The van der Waals surface area contributed by atoms with Crippen LogP contribution >= 0.6 is 0 Å². The minimum Gasteiger partial charge on any atom is -0.497 e. The highest BCUT2D eigenvalue weighted by Crippen LogP contribution is 2.35. The minimum absolute atomic E-state index is 0.102. The molecule has 1 unspecified atom stereocenters. The number of aryl methyl sites for hydroxylation is 1. The summed E-state index contributed by atoms with van der Waals surface area (Å²) >= 11 is 0. The third-order valence-corrected chi connectivity index (χ3v) is 6.00. The molecule has 0 spiro atoms. The summed E-state index contributed by atoms with van der Waals surface area (Å²) < 4.78 is 34.4. The lowest BCUT2D eigenvalue weighted by atomic mass is 9.82. The number of methoxy groups -OCH3 is 1. The third kappa shape index (κ3) is 3.43. The summed E-state index contributed by atoms with van der Waals surface area (Å²) in [6, 6.07) is 11.1. The highest BCUT2D eigenvalue weighted by molar-refractivity contribution is 5.99. The lowest BCUT2D eigenvalue weighted by Gasteiger charge is -2.23. The standard InChI is InChI=1S/C25H21F2N3O2/c1-3-21-24(14-4-6-19(32-2)7-5-14)25-28-22-10-16(15-8-17(26)12-18(27)9-15)11-23(31)20(22)13-30(25)29-21/h4-9,12-13,16H,3,10-11H2,1-2H3. The summed E-state index contributed by atoms with van der Waals surface area (Å²) in [6.45, 7) is 2.02. The number of Topliss-reactive ketones (excluding diaryl/α,β-unsaturated/α-hetero) is 1. The Morgan fingerprint density at radius 3 is 2.47 bits per heavy atom. The number of hydrogen-bond donors (Lipinski definition) is 0. The molecule has 2 aromatic heterocycles. The van der Waals surface area contributed by atoms with Crippen LogP contribution < -0.4 is 4.74 Å². The number of carbonyl (C=O) groups excluding carboxylic acids is 1. The molecular formula is C25H21F2N3O2. The van der Waals surface area contributed by atoms with E-state index in [2.05, 4.69) is 5.10 Å². The molecule has 1 atom stereocenters. The number of rotatable bonds is 4. The molecule has 4 aromatic rings. The Morgan fingerprint density at radius 1 is 1.09 bits per heavy atom. The van der Waals surface area contributed by atoms with Crippen molar-refractivity contribution in [3.8, 4) is 16.9 Å². The van der Waals surface area contributed by atoms with E-state index in [9.17, 15) is 13.6 Å². The molecule has 2 aromatic carbocycles. The van der Waals surface area contributed by atoms with Gasteiger partial charge in [-0.25, -0.2) is 18.3 Å². The second-order valence-corrected chi connectivity index (χ2v) is 8.00. The Hall–Kier alpha value is -3.61. The molecule has 0 saturated heterocycles. The Morgan fingerprint density at radius 2 is 1.81 bits per heavy atom. The third-order valence-electron chi connectivity index (χ3n) is 6.00. The van der Waals surface area contributed by atoms with E-state index in [1.165, 1.54) is 12.1 Å². The molecule has 2 heterocycles. The maximum atomic E-state index is 13.8. The maximum Gasteiger partial charge on any atom is 0.166 e. The number of nitrogens with zero attached hydrogens (tertiary/aromatic N) is 3. The smallest absolute Gasteiger partial charge is 0.166 e. The molecule has 0 saturated carbocycles. The lowest BCUT2D eigenvalue weighted by molar-refractivity contribution is 0.0962. The molecule has 0 aliphatic heterocycles.